The van der Waals surface area contributed by atoms with Crippen LogP contribution in [0.5, 0.6) is 0 Å². The van der Waals surface area contributed by atoms with Crippen molar-refractivity contribution < 1.29 is 9.13 Å². The van der Waals surface area contributed by atoms with Gasteiger partial charge in [0.1, 0.15) is 17.3 Å². The average Bonchev–Trinajstić information content (AvgIpc) is 3.55. The fourth-order valence-electron chi connectivity index (χ4n) is 5.32. The Morgan fingerprint density at radius 3 is 2.37 bits per heavy atom. The number of morpholine rings is 1. The monoisotopic (exact) mass is 518 g/mol. The first kappa shape index (κ1) is 24.4. The van der Waals surface area contributed by atoms with Crippen molar-refractivity contribution in [3.05, 3.63) is 52.6 Å². The minimum absolute atomic E-state index is 0.0992. The van der Waals surface area contributed by atoms with Crippen LogP contribution in [0.2, 0.25) is 0 Å². The van der Waals surface area contributed by atoms with Gasteiger partial charge < -0.3 is 9.64 Å². The standard InChI is InChI=1S/C27H31FN8O2/c1-27(2,3)25-29-19-13-17(20-15-32(4)31-30-20)18(28)14-21(19)36(25)16-11-22-24(34(6)26(37)33(22)5)23(12-16)35-7-9-38-10-8-35/h11-15H,7-10H2,1-6H3. The molecule has 0 unspecified atom stereocenters. The first-order valence-corrected chi connectivity index (χ1v) is 12.7. The third-order valence-electron chi connectivity index (χ3n) is 7.23. The van der Waals surface area contributed by atoms with Gasteiger partial charge >= 0.3 is 5.69 Å². The van der Waals surface area contributed by atoms with Crippen LogP contribution in [-0.2, 0) is 31.3 Å². The largest absolute Gasteiger partial charge is 0.378 e. The molecule has 10 nitrogen and oxygen atoms in total. The highest BCUT2D eigenvalue weighted by atomic mass is 19.1. The maximum absolute atomic E-state index is 15.6. The number of rotatable bonds is 3. The highest BCUT2D eigenvalue weighted by molar-refractivity contribution is 5.93. The lowest BCUT2D eigenvalue weighted by Gasteiger charge is -2.30. The average molecular weight is 519 g/mol. The second kappa shape index (κ2) is 8.52. The van der Waals surface area contributed by atoms with Crippen LogP contribution in [0, 0.1) is 5.82 Å². The number of ether oxygens (including phenoxy) is 1. The van der Waals surface area contributed by atoms with Crippen LogP contribution >= 0.6 is 0 Å². The van der Waals surface area contributed by atoms with E-state index in [4.69, 9.17) is 9.72 Å². The molecule has 0 radical (unpaired) electrons. The smallest absolute Gasteiger partial charge is 0.328 e. The summed E-state index contributed by atoms with van der Waals surface area (Å²) in [7, 11) is 5.32. The maximum Gasteiger partial charge on any atom is 0.328 e. The molecule has 1 aliphatic rings. The topological polar surface area (TPSA) is 87.9 Å². The fourth-order valence-corrected chi connectivity index (χ4v) is 5.32. The molecule has 0 aliphatic carbocycles. The predicted octanol–water partition coefficient (Wildman–Crippen LogP) is 3.28. The van der Waals surface area contributed by atoms with E-state index in [-0.39, 0.29) is 11.1 Å². The van der Waals surface area contributed by atoms with Crippen molar-refractivity contribution in [1.82, 2.24) is 33.7 Å². The molecule has 3 aromatic heterocycles. The Hall–Kier alpha value is -3.99. The molecule has 198 valence electrons. The Labute approximate surface area is 218 Å². The third kappa shape index (κ3) is 3.72. The van der Waals surface area contributed by atoms with E-state index in [9.17, 15) is 4.79 Å². The number of fused-ring (bicyclic) bond motifs is 2. The molecule has 0 N–H and O–H groups in total. The number of aryl methyl sites for hydroxylation is 3. The lowest BCUT2D eigenvalue weighted by molar-refractivity contribution is 0.123. The van der Waals surface area contributed by atoms with Gasteiger partial charge in [0.2, 0.25) is 0 Å². The molecule has 1 fully saturated rings. The number of halogens is 1. The Morgan fingerprint density at radius 1 is 0.974 bits per heavy atom. The van der Waals surface area contributed by atoms with Crippen molar-refractivity contribution in [2.75, 3.05) is 31.2 Å². The number of benzene rings is 2. The van der Waals surface area contributed by atoms with Gasteiger partial charge in [0.25, 0.3) is 0 Å². The van der Waals surface area contributed by atoms with Gasteiger partial charge in [-0.05, 0) is 18.2 Å². The number of anilines is 1. The first-order valence-electron chi connectivity index (χ1n) is 12.7. The van der Waals surface area contributed by atoms with Gasteiger partial charge in [-0.3, -0.25) is 18.4 Å². The van der Waals surface area contributed by atoms with Crippen LogP contribution in [0.25, 0.3) is 39.0 Å². The zero-order chi connectivity index (χ0) is 26.9. The molecular formula is C27H31FN8O2. The van der Waals surface area contributed by atoms with Crippen LogP contribution in [0.4, 0.5) is 10.1 Å². The molecule has 38 heavy (non-hydrogen) atoms. The predicted molar refractivity (Wildman–Crippen MR) is 144 cm³/mol. The summed E-state index contributed by atoms with van der Waals surface area (Å²) < 4.78 is 28.1. The Kier molecular flexibility index (Phi) is 5.46. The van der Waals surface area contributed by atoms with Gasteiger partial charge in [0.05, 0.1) is 52.9 Å². The lowest BCUT2D eigenvalue weighted by Crippen LogP contribution is -2.36. The second-order valence-corrected chi connectivity index (χ2v) is 11.0. The van der Waals surface area contributed by atoms with Crippen molar-refractivity contribution >= 4 is 27.8 Å². The molecule has 0 spiro atoms. The molecule has 1 aliphatic heterocycles. The summed E-state index contributed by atoms with van der Waals surface area (Å²) in [4.78, 5) is 20.2. The molecule has 2 aromatic carbocycles. The zero-order valence-electron chi connectivity index (χ0n) is 22.5. The van der Waals surface area contributed by atoms with Gasteiger partial charge in [0.15, 0.2) is 0 Å². The van der Waals surface area contributed by atoms with E-state index in [0.29, 0.717) is 48.6 Å². The van der Waals surface area contributed by atoms with Crippen molar-refractivity contribution in [2.24, 2.45) is 21.1 Å². The number of imidazole rings is 2. The van der Waals surface area contributed by atoms with Crippen LogP contribution in [0.3, 0.4) is 0 Å². The Morgan fingerprint density at radius 2 is 1.71 bits per heavy atom. The minimum atomic E-state index is -0.402. The zero-order valence-corrected chi connectivity index (χ0v) is 22.5. The number of aromatic nitrogens is 7. The van der Waals surface area contributed by atoms with Gasteiger partial charge in [-0.25, -0.2) is 14.2 Å². The third-order valence-corrected chi connectivity index (χ3v) is 7.23. The molecule has 0 amide bonds. The Balaban J connectivity index is 1.66. The minimum Gasteiger partial charge on any atom is -0.378 e. The molecule has 4 heterocycles. The van der Waals surface area contributed by atoms with Crippen LogP contribution in [-0.4, -0.2) is 60.0 Å². The summed E-state index contributed by atoms with van der Waals surface area (Å²) in [5, 5.41) is 8.05. The number of hydrogen-bond donors (Lipinski definition) is 0. The van der Waals surface area contributed by atoms with Gasteiger partial charge in [-0.15, -0.1) is 5.10 Å². The first-order chi connectivity index (χ1) is 18.0. The van der Waals surface area contributed by atoms with E-state index in [1.807, 2.05) is 10.6 Å². The van der Waals surface area contributed by atoms with Crippen molar-refractivity contribution in [3.63, 3.8) is 0 Å². The normalized spacial score (nSPS) is 14.8. The number of hydrogen-bond acceptors (Lipinski definition) is 6. The quantitative estimate of drug-likeness (QED) is 0.364. The summed E-state index contributed by atoms with van der Waals surface area (Å²) in [5.41, 5.74) is 5.09. The molecule has 0 saturated carbocycles. The summed E-state index contributed by atoms with van der Waals surface area (Å²) >= 11 is 0. The molecule has 5 aromatic rings. The summed E-state index contributed by atoms with van der Waals surface area (Å²) in [6.45, 7) is 8.93. The summed E-state index contributed by atoms with van der Waals surface area (Å²) in [5.74, 6) is 0.387. The molecule has 11 heteroatoms. The van der Waals surface area contributed by atoms with Gasteiger partial charge in [0, 0.05) is 51.3 Å². The SMILES string of the molecule is Cn1cc(-c2cc3nc(C(C)(C)C)n(-c4cc(N5CCOCC5)c5c(c4)n(C)c(=O)n5C)c3cc2F)nn1. The van der Waals surface area contributed by atoms with E-state index in [1.54, 1.807) is 47.2 Å². The Bertz CT molecular complexity index is 1760. The van der Waals surface area contributed by atoms with E-state index in [0.717, 1.165) is 28.2 Å². The summed E-state index contributed by atoms with van der Waals surface area (Å²) in [6, 6.07) is 7.33. The number of nitrogens with zero attached hydrogens (tertiary/aromatic N) is 8. The van der Waals surface area contributed by atoms with Crippen molar-refractivity contribution in [1.29, 1.82) is 0 Å². The van der Waals surface area contributed by atoms with E-state index >= 15 is 4.39 Å². The fraction of sp³-hybridized carbons (Fsp3) is 0.407. The summed E-state index contributed by atoms with van der Waals surface area (Å²) in [6.07, 6.45) is 1.68. The van der Waals surface area contributed by atoms with E-state index < -0.39 is 5.82 Å². The van der Waals surface area contributed by atoms with Crippen molar-refractivity contribution in [2.45, 2.75) is 26.2 Å². The highest BCUT2D eigenvalue weighted by Gasteiger charge is 2.27. The highest BCUT2D eigenvalue weighted by Crippen LogP contribution is 2.36. The maximum atomic E-state index is 15.6. The van der Waals surface area contributed by atoms with Crippen LogP contribution < -0.4 is 10.6 Å². The molecular weight excluding hydrogens is 487 g/mol. The molecule has 6 rings (SSSR count). The lowest BCUT2D eigenvalue weighted by atomic mass is 9.95. The van der Waals surface area contributed by atoms with Gasteiger partial charge in [-0.2, -0.15) is 0 Å². The van der Waals surface area contributed by atoms with Gasteiger partial charge in [-0.1, -0.05) is 26.0 Å². The molecule has 0 bridgehead atoms. The van der Waals surface area contributed by atoms with E-state index in [1.165, 1.54) is 6.07 Å². The van der Waals surface area contributed by atoms with Crippen LogP contribution in [0.15, 0.2) is 35.3 Å². The van der Waals surface area contributed by atoms with Crippen LogP contribution in [0.1, 0.15) is 26.6 Å². The van der Waals surface area contributed by atoms with E-state index in [2.05, 4.69) is 42.0 Å². The molecule has 1 saturated heterocycles. The van der Waals surface area contributed by atoms with Crippen molar-refractivity contribution in [3.8, 4) is 16.9 Å². The molecule has 0 atom stereocenters. The second-order valence-electron chi connectivity index (χ2n) is 11.0.